The van der Waals surface area contributed by atoms with Crippen LogP contribution in [0.4, 0.5) is 0 Å². The minimum Gasteiger partial charge on any atom is -0.391 e. The summed E-state index contributed by atoms with van der Waals surface area (Å²) in [5, 5.41) is 16.5. The molecule has 0 spiro atoms. The van der Waals surface area contributed by atoms with Crippen LogP contribution in [0.2, 0.25) is 0 Å². The summed E-state index contributed by atoms with van der Waals surface area (Å²) < 4.78 is 1.57. The van der Waals surface area contributed by atoms with Gasteiger partial charge >= 0.3 is 0 Å². The highest BCUT2D eigenvalue weighted by Crippen LogP contribution is 2.18. The zero-order chi connectivity index (χ0) is 11.4. The highest BCUT2D eigenvalue weighted by Gasteiger charge is 2.24. The molecule has 2 unspecified atom stereocenters. The molecule has 2 N–H and O–H groups in total. The molecule has 1 aliphatic rings. The Kier molecular flexibility index (Phi) is 3.56. The fourth-order valence-electron chi connectivity index (χ4n) is 2.07. The van der Waals surface area contributed by atoms with Crippen LogP contribution in [-0.2, 0) is 11.3 Å². The van der Waals surface area contributed by atoms with Gasteiger partial charge in [-0.25, -0.2) is 0 Å². The van der Waals surface area contributed by atoms with E-state index in [1.54, 1.807) is 23.1 Å². The number of rotatable bonds is 3. The SMILES string of the molecule is O=C(Cn1cccn1)NC1CCCCC1O. The Morgan fingerprint density at radius 3 is 3.00 bits per heavy atom. The second-order valence-electron chi connectivity index (χ2n) is 4.23. The van der Waals surface area contributed by atoms with Crippen LogP contribution < -0.4 is 5.32 Å². The molecule has 0 aliphatic heterocycles. The van der Waals surface area contributed by atoms with Gasteiger partial charge in [-0.2, -0.15) is 5.10 Å². The summed E-state index contributed by atoms with van der Waals surface area (Å²) in [5.74, 6) is -0.0883. The van der Waals surface area contributed by atoms with Crippen LogP contribution in [0.25, 0.3) is 0 Å². The van der Waals surface area contributed by atoms with Gasteiger partial charge in [0, 0.05) is 12.4 Å². The molecule has 0 aromatic carbocycles. The van der Waals surface area contributed by atoms with Gasteiger partial charge < -0.3 is 10.4 Å². The number of aliphatic hydroxyl groups excluding tert-OH is 1. The Balaban J connectivity index is 1.82. The topological polar surface area (TPSA) is 67.2 Å². The molecule has 1 aromatic heterocycles. The van der Waals surface area contributed by atoms with Crippen LogP contribution >= 0.6 is 0 Å². The Morgan fingerprint density at radius 1 is 1.50 bits per heavy atom. The summed E-state index contributed by atoms with van der Waals surface area (Å²) in [4.78, 5) is 11.6. The zero-order valence-electron chi connectivity index (χ0n) is 9.17. The van der Waals surface area contributed by atoms with Crippen LogP contribution in [0.5, 0.6) is 0 Å². The van der Waals surface area contributed by atoms with Gasteiger partial charge in [0.15, 0.2) is 0 Å². The van der Waals surface area contributed by atoms with Crippen molar-refractivity contribution < 1.29 is 9.90 Å². The first kappa shape index (κ1) is 11.1. The fraction of sp³-hybridized carbons (Fsp3) is 0.636. The van der Waals surface area contributed by atoms with Crippen molar-refractivity contribution in [2.75, 3.05) is 0 Å². The molecule has 0 radical (unpaired) electrons. The maximum absolute atomic E-state index is 11.6. The number of aromatic nitrogens is 2. The molecule has 1 aliphatic carbocycles. The van der Waals surface area contributed by atoms with Gasteiger partial charge in [-0.15, -0.1) is 0 Å². The second-order valence-corrected chi connectivity index (χ2v) is 4.23. The van der Waals surface area contributed by atoms with Gasteiger partial charge in [0.05, 0.1) is 12.1 Å². The Labute approximate surface area is 94.5 Å². The predicted octanol–water partition coefficient (Wildman–Crippen LogP) is 0.303. The van der Waals surface area contributed by atoms with Crippen molar-refractivity contribution in [1.82, 2.24) is 15.1 Å². The summed E-state index contributed by atoms with van der Waals surface area (Å²) in [6.45, 7) is 0.218. The Bertz CT molecular complexity index is 337. The molecule has 1 fully saturated rings. The van der Waals surface area contributed by atoms with Crippen molar-refractivity contribution in [3.8, 4) is 0 Å². The van der Waals surface area contributed by atoms with Crippen molar-refractivity contribution in [2.45, 2.75) is 44.4 Å². The van der Waals surface area contributed by atoms with Crippen LogP contribution in [0.15, 0.2) is 18.5 Å². The van der Waals surface area contributed by atoms with E-state index in [4.69, 9.17) is 0 Å². The molecule has 16 heavy (non-hydrogen) atoms. The van der Waals surface area contributed by atoms with Crippen LogP contribution in [0.1, 0.15) is 25.7 Å². The van der Waals surface area contributed by atoms with Crippen molar-refractivity contribution in [2.24, 2.45) is 0 Å². The summed E-state index contributed by atoms with van der Waals surface area (Å²) in [6, 6.07) is 1.69. The van der Waals surface area contributed by atoms with Crippen LogP contribution in [0.3, 0.4) is 0 Å². The van der Waals surface area contributed by atoms with Crippen molar-refractivity contribution >= 4 is 5.91 Å². The van der Waals surface area contributed by atoms with E-state index < -0.39 is 6.10 Å². The van der Waals surface area contributed by atoms with Crippen LogP contribution in [-0.4, -0.2) is 32.9 Å². The van der Waals surface area contributed by atoms with E-state index >= 15 is 0 Å². The van der Waals surface area contributed by atoms with Crippen molar-refractivity contribution in [1.29, 1.82) is 0 Å². The van der Waals surface area contributed by atoms with Gasteiger partial charge in [0.2, 0.25) is 5.91 Å². The van der Waals surface area contributed by atoms with Gasteiger partial charge in [0.25, 0.3) is 0 Å². The summed E-state index contributed by atoms with van der Waals surface area (Å²) in [6.07, 6.45) is 6.77. The average Bonchev–Trinajstić information content (AvgIpc) is 2.74. The van der Waals surface area contributed by atoms with E-state index in [0.29, 0.717) is 0 Å². The lowest BCUT2D eigenvalue weighted by molar-refractivity contribution is -0.123. The summed E-state index contributed by atoms with van der Waals surface area (Å²) >= 11 is 0. The number of nitrogens with one attached hydrogen (secondary N) is 1. The molecule has 0 bridgehead atoms. The molecule has 1 heterocycles. The number of amides is 1. The lowest BCUT2D eigenvalue weighted by Gasteiger charge is -2.28. The lowest BCUT2D eigenvalue weighted by atomic mass is 9.92. The smallest absolute Gasteiger partial charge is 0.242 e. The predicted molar refractivity (Wildman–Crippen MR) is 58.6 cm³/mol. The Hall–Kier alpha value is -1.36. The third-order valence-electron chi connectivity index (χ3n) is 2.94. The normalized spacial score (nSPS) is 25.3. The van der Waals surface area contributed by atoms with E-state index in [-0.39, 0.29) is 18.5 Å². The number of hydrogen-bond acceptors (Lipinski definition) is 3. The van der Waals surface area contributed by atoms with Crippen molar-refractivity contribution in [3.05, 3.63) is 18.5 Å². The molecule has 2 rings (SSSR count). The van der Waals surface area contributed by atoms with E-state index in [2.05, 4.69) is 10.4 Å². The highest BCUT2D eigenvalue weighted by atomic mass is 16.3. The lowest BCUT2D eigenvalue weighted by Crippen LogP contribution is -2.46. The first-order chi connectivity index (χ1) is 7.75. The average molecular weight is 223 g/mol. The van der Waals surface area contributed by atoms with Gasteiger partial charge in [-0.3, -0.25) is 9.48 Å². The molecule has 88 valence electrons. The maximum Gasteiger partial charge on any atom is 0.242 e. The highest BCUT2D eigenvalue weighted by molar-refractivity contribution is 5.76. The number of nitrogens with zero attached hydrogens (tertiary/aromatic N) is 2. The van der Waals surface area contributed by atoms with E-state index in [1.165, 1.54) is 0 Å². The maximum atomic E-state index is 11.6. The second kappa shape index (κ2) is 5.12. The molecule has 1 saturated carbocycles. The van der Waals surface area contributed by atoms with Crippen molar-refractivity contribution in [3.63, 3.8) is 0 Å². The van der Waals surface area contributed by atoms with Gasteiger partial charge in [-0.05, 0) is 18.9 Å². The van der Waals surface area contributed by atoms with Gasteiger partial charge in [-0.1, -0.05) is 12.8 Å². The summed E-state index contributed by atoms with van der Waals surface area (Å²) in [5.41, 5.74) is 0. The number of hydrogen-bond donors (Lipinski definition) is 2. The monoisotopic (exact) mass is 223 g/mol. The standard InChI is InChI=1S/C11H17N3O2/c15-10-5-2-1-4-9(10)13-11(16)8-14-7-3-6-12-14/h3,6-7,9-10,15H,1-2,4-5,8H2,(H,13,16). The molecule has 2 atom stereocenters. The first-order valence-electron chi connectivity index (χ1n) is 5.70. The molecular weight excluding hydrogens is 206 g/mol. The number of carbonyl (C=O) groups is 1. The minimum atomic E-state index is -0.393. The largest absolute Gasteiger partial charge is 0.391 e. The van der Waals surface area contributed by atoms with Crippen LogP contribution in [0, 0.1) is 0 Å². The minimum absolute atomic E-state index is 0.0863. The fourth-order valence-corrected chi connectivity index (χ4v) is 2.07. The Morgan fingerprint density at radius 2 is 2.31 bits per heavy atom. The number of aliphatic hydroxyl groups is 1. The molecule has 5 nitrogen and oxygen atoms in total. The van der Waals surface area contributed by atoms with E-state index in [1.807, 2.05) is 0 Å². The molecule has 1 aromatic rings. The molecule has 5 heteroatoms. The first-order valence-corrected chi connectivity index (χ1v) is 5.70. The van der Waals surface area contributed by atoms with E-state index in [9.17, 15) is 9.90 Å². The van der Waals surface area contributed by atoms with Gasteiger partial charge in [0.1, 0.15) is 6.54 Å². The quantitative estimate of drug-likeness (QED) is 0.774. The molecule has 1 amide bonds. The third-order valence-corrected chi connectivity index (χ3v) is 2.94. The zero-order valence-corrected chi connectivity index (χ0v) is 9.17. The summed E-state index contributed by atoms with van der Waals surface area (Å²) in [7, 11) is 0. The molecule has 0 saturated heterocycles. The third kappa shape index (κ3) is 2.82. The molecular formula is C11H17N3O2. The number of carbonyl (C=O) groups excluding carboxylic acids is 1. The van der Waals surface area contributed by atoms with E-state index in [0.717, 1.165) is 25.7 Å².